The molecule has 2 aliphatic heterocycles. The number of hydrogen-bond acceptors (Lipinski definition) is 4. The monoisotopic (exact) mass is 331 g/mol. The van der Waals surface area contributed by atoms with Crippen molar-refractivity contribution in [2.24, 2.45) is 5.92 Å². The number of hydrogen-bond donors (Lipinski definition) is 1. The summed E-state index contributed by atoms with van der Waals surface area (Å²) >= 11 is 0. The minimum atomic E-state index is 0.150. The summed E-state index contributed by atoms with van der Waals surface area (Å²) in [5.74, 6) is 0.379. The average Bonchev–Trinajstić information content (AvgIpc) is 3.09. The number of amides is 1. The number of likely N-dealkylation sites (tertiary alicyclic amines) is 1. The zero-order valence-corrected chi connectivity index (χ0v) is 14.5. The standard InChI is InChI=1S/C19H29N3O2/c23-19(20-8-4-9-21-11-13-24-14-12-21)18-7-10-22(16-18)15-17-5-2-1-3-6-17/h1-3,5-6,18H,4,7-16H2,(H,20,23). The van der Waals surface area contributed by atoms with E-state index in [1.54, 1.807) is 0 Å². The molecule has 0 bridgehead atoms. The van der Waals surface area contributed by atoms with E-state index in [2.05, 4.69) is 39.4 Å². The summed E-state index contributed by atoms with van der Waals surface area (Å²) in [7, 11) is 0. The smallest absolute Gasteiger partial charge is 0.224 e. The number of nitrogens with zero attached hydrogens (tertiary/aromatic N) is 2. The normalized spacial score (nSPS) is 22.6. The lowest BCUT2D eigenvalue weighted by atomic mass is 10.1. The van der Waals surface area contributed by atoms with Crippen molar-refractivity contribution >= 4 is 5.91 Å². The molecule has 0 saturated carbocycles. The van der Waals surface area contributed by atoms with Crippen molar-refractivity contribution in [1.82, 2.24) is 15.1 Å². The molecule has 0 aliphatic carbocycles. The zero-order chi connectivity index (χ0) is 16.6. The van der Waals surface area contributed by atoms with Gasteiger partial charge in [0.15, 0.2) is 0 Å². The molecule has 0 radical (unpaired) electrons. The van der Waals surface area contributed by atoms with E-state index in [1.807, 2.05) is 6.07 Å². The fourth-order valence-electron chi connectivity index (χ4n) is 3.52. The first-order valence-corrected chi connectivity index (χ1v) is 9.15. The molecule has 1 unspecified atom stereocenters. The highest BCUT2D eigenvalue weighted by Gasteiger charge is 2.27. The lowest BCUT2D eigenvalue weighted by Crippen LogP contribution is -2.39. The first-order chi connectivity index (χ1) is 11.8. The van der Waals surface area contributed by atoms with Crippen molar-refractivity contribution in [3.8, 4) is 0 Å². The molecule has 2 saturated heterocycles. The molecule has 2 aliphatic rings. The second-order valence-corrected chi connectivity index (χ2v) is 6.80. The topological polar surface area (TPSA) is 44.8 Å². The molecule has 2 heterocycles. The van der Waals surface area contributed by atoms with Crippen LogP contribution in [0.25, 0.3) is 0 Å². The van der Waals surface area contributed by atoms with E-state index in [0.717, 1.165) is 71.9 Å². The Labute approximate surface area is 145 Å². The van der Waals surface area contributed by atoms with E-state index < -0.39 is 0 Å². The predicted molar refractivity (Wildman–Crippen MR) is 94.7 cm³/mol. The number of carbonyl (C=O) groups excluding carboxylic acids is 1. The summed E-state index contributed by atoms with van der Waals surface area (Å²) in [5, 5.41) is 3.13. The van der Waals surface area contributed by atoms with Gasteiger partial charge in [-0.25, -0.2) is 0 Å². The van der Waals surface area contributed by atoms with Crippen molar-refractivity contribution < 1.29 is 9.53 Å². The molecule has 1 aromatic rings. The van der Waals surface area contributed by atoms with Crippen LogP contribution >= 0.6 is 0 Å². The van der Waals surface area contributed by atoms with Crippen molar-refractivity contribution in [2.75, 3.05) is 52.5 Å². The summed E-state index contributed by atoms with van der Waals surface area (Å²) in [6.07, 6.45) is 1.99. The van der Waals surface area contributed by atoms with Gasteiger partial charge < -0.3 is 10.1 Å². The first-order valence-electron chi connectivity index (χ1n) is 9.15. The molecule has 1 atom stereocenters. The van der Waals surface area contributed by atoms with E-state index in [9.17, 15) is 4.79 Å². The fraction of sp³-hybridized carbons (Fsp3) is 0.632. The van der Waals surface area contributed by atoms with E-state index in [0.29, 0.717) is 0 Å². The Morgan fingerprint density at radius 3 is 2.71 bits per heavy atom. The van der Waals surface area contributed by atoms with Crippen molar-refractivity contribution in [3.63, 3.8) is 0 Å². The largest absolute Gasteiger partial charge is 0.379 e. The maximum absolute atomic E-state index is 12.3. The van der Waals surface area contributed by atoms with Gasteiger partial charge in [0.2, 0.25) is 5.91 Å². The molecule has 2 fully saturated rings. The van der Waals surface area contributed by atoms with Crippen molar-refractivity contribution in [3.05, 3.63) is 35.9 Å². The maximum atomic E-state index is 12.3. The van der Waals surface area contributed by atoms with Crippen molar-refractivity contribution in [1.29, 1.82) is 0 Å². The lowest BCUT2D eigenvalue weighted by Gasteiger charge is -2.26. The van der Waals surface area contributed by atoms with E-state index in [4.69, 9.17) is 4.74 Å². The second-order valence-electron chi connectivity index (χ2n) is 6.80. The van der Waals surface area contributed by atoms with Gasteiger partial charge in [-0.3, -0.25) is 14.6 Å². The minimum absolute atomic E-state index is 0.150. The Balaban J connectivity index is 1.31. The van der Waals surface area contributed by atoms with Gasteiger partial charge in [-0.05, 0) is 31.5 Å². The van der Waals surface area contributed by atoms with Gasteiger partial charge in [0, 0.05) is 32.7 Å². The molecule has 24 heavy (non-hydrogen) atoms. The summed E-state index contributed by atoms with van der Waals surface area (Å²) in [4.78, 5) is 17.1. The molecule has 1 N–H and O–H groups in total. The number of benzene rings is 1. The Morgan fingerprint density at radius 2 is 1.92 bits per heavy atom. The molecule has 3 rings (SSSR count). The van der Waals surface area contributed by atoms with E-state index in [1.165, 1.54) is 5.56 Å². The number of nitrogens with one attached hydrogen (secondary N) is 1. The van der Waals surface area contributed by atoms with Crippen LogP contribution in [0.1, 0.15) is 18.4 Å². The van der Waals surface area contributed by atoms with Gasteiger partial charge in [0.1, 0.15) is 0 Å². The van der Waals surface area contributed by atoms with Gasteiger partial charge in [0.25, 0.3) is 0 Å². The molecule has 1 amide bonds. The number of morpholine rings is 1. The SMILES string of the molecule is O=C(NCCCN1CCOCC1)C1CCN(Cc2ccccc2)C1. The molecule has 0 aromatic heterocycles. The zero-order valence-electron chi connectivity index (χ0n) is 14.5. The molecular formula is C19H29N3O2. The third kappa shape index (κ3) is 5.30. The number of rotatable bonds is 7. The number of carbonyl (C=O) groups is 1. The molecule has 5 heteroatoms. The third-order valence-corrected chi connectivity index (χ3v) is 4.95. The van der Waals surface area contributed by atoms with Gasteiger partial charge in [-0.1, -0.05) is 30.3 Å². The second kappa shape index (κ2) is 9.16. The van der Waals surface area contributed by atoms with E-state index >= 15 is 0 Å². The molecule has 0 spiro atoms. The predicted octanol–water partition coefficient (Wildman–Crippen LogP) is 1.35. The van der Waals surface area contributed by atoms with E-state index in [-0.39, 0.29) is 11.8 Å². The summed E-state index contributed by atoms with van der Waals surface area (Å²) in [6.45, 7) is 8.39. The van der Waals surface area contributed by atoms with Gasteiger partial charge in [0.05, 0.1) is 19.1 Å². The minimum Gasteiger partial charge on any atom is -0.379 e. The highest BCUT2D eigenvalue weighted by atomic mass is 16.5. The van der Waals surface area contributed by atoms with Gasteiger partial charge in [-0.2, -0.15) is 0 Å². The summed E-state index contributed by atoms with van der Waals surface area (Å²) < 4.78 is 5.35. The quantitative estimate of drug-likeness (QED) is 0.766. The molecule has 1 aromatic carbocycles. The van der Waals surface area contributed by atoms with Crippen LogP contribution < -0.4 is 5.32 Å². The third-order valence-electron chi connectivity index (χ3n) is 4.95. The van der Waals surface area contributed by atoms with Crippen LogP contribution in [0, 0.1) is 5.92 Å². The summed E-state index contributed by atoms with van der Waals surface area (Å²) in [5.41, 5.74) is 1.32. The molecular weight excluding hydrogens is 302 g/mol. The van der Waals surface area contributed by atoms with Crippen molar-refractivity contribution in [2.45, 2.75) is 19.4 Å². The van der Waals surface area contributed by atoms with Crippen LogP contribution in [0.5, 0.6) is 0 Å². The Kier molecular flexibility index (Phi) is 6.64. The maximum Gasteiger partial charge on any atom is 0.224 e. The van der Waals surface area contributed by atoms with Gasteiger partial charge in [-0.15, -0.1) is 0 Å². The highest BCUT2D eigenvalue weighted by Crippen LogP contribution is 2.18. The highest BCUT2D eigenvalue weighted by molar-refractivity contribution is 5.79. The summed E-state index contributed by atoms with van der Waals surface area (Å²) in [6, 6.07) is 10.5. The Morgan fingerprint density at radius 1 is 1.12 bits per heavy atom. The first kappa shape index (κ1) is 17.4. The van der Waals surface area contributed by atoms with Crippen LogP contribution in [-0.2, 0) is 16.1 Å². The Bertz CT molecular complexity index is 503. The van der Waals surface area contributed by atoms with Crippen LogP contribution in [0.2, 0.25) is 0 Å². The molecule has 132 valence electrons. The lowest BCUT2D eigenvalue weighted by molar-refractivity contribution is -0.124. The van der Waals surface area contributed by atoms with Crippen LogP contribution in [0.15, 0.2) is 30.3 Å². The van der Waals surface area contributed by atoms with Crippen LogP contribution in [0.3, 0.4) is 0 Å². The van der Waals surface area contributed by atoms with Gasteiger partial charge >= 0.3 is 0 Å². The Hall–Kier alpha value is -1.43. The van der Waals surface area contributed by atoms with Crippen LogP contribution in [-0.4, -0.2) is 68.2 Å². The average molecular weight is 331 g/mol. The van der Waals surface area contributed by atoms with Crippen LogP contribution in [0.4, 0.5) is 0 Å². The fourth-order valence-corrected chi connectivity index (χ4v) is 3.52. The number of ether oxygens (including phenoxy) is 1. The molecule has 5 nitrogen and oxygen atoms in total.